The summed E-state index contributed by atoms with van der Waals surface area (Å²) in [6.07, 6.45) is 0. The summed E-state index contributed by atoms with van der Waals surface area (Å²) in [5.41, 5.74) is 10.2. The van der Waals surface area contributed by atoms with Crippen molar-refractivity contribution in [2.24, 2.45) is 11.5 Å². The van der Waals surface area contributed by atoms with Crippen molar-refractivity contribution in [3.05, 3.63) is 0 Å². The minimum Gasteiger partial charge on any atom is -0.328 e. The zero-order valence-corrected chi connectivity index (χ0v) is 6.35. The molecule has 1 unspecified atom stereocenters. The van der Waals surface area contributed by atoms with Gasteiger partial charge in [0.2, 0.25) is 0 Å². The van der Waals surface area contributed by atoms with Crippen LogP contribution in [0.3, 0.4) is 0 Å². The van der Waals surface area contributed by atoms with Crippen LogP contribution in [0.4, 0.5) is 0 Å². The van der Waals surface area contributed by atoms with Gasteiger partial charge in [0.15, 0.2) is 0 Å². The SMILES string of the molecule is CC.CC(=O)C(N)CN. The van der Waals surface area contributed by atoms with Crippen LogP contribution >= 0.6 is 0 Å². The van der Waals surface area contributed by atoms with E-state index in [0.717, 1.165) is 0 Å². The quantitative estimate of drug-likeness (QED) is 0.550. The Balaban J connectivity index is 0. The summed E-state index contributed by atoms with van der Waals surface area (Å²) in [5, 5.41) is 0. The Kier molecular flexibility index (Phi) is 9.61. The van der Waals surface area contributed by atoms with Gasteiger partial charge in [0.1, 0.15) is 5.78 Å². The van der Waals surface area contributed by atoms with Crippen LogP contribution in [0.25, 0.3) is 0 Å². The molecule has 0 radical (unpaired) electrons. The Labute approximate surface area is 56.4 Å². The molecule has 3 heteroatoms. The summed E-state index contributed by atoms with van der Waals surface area (Å²) in [6.45, 7) is 5.67. The van der Waals surface area contributed by atoms with Crippen molar-refractivity contribution in [2.75, 3.05) is 6.54 Å². The number of rotatable bonds is 2. The fourth-order valence-electron chi connectivity index (χ4n) is 0.166. The molecule has 0 spiro atoms. The standard InChI is InChI=1S/C4H10N2O.C2H6/c1-3(7)4(6)2-5;1-2/h4H,2,5-6H2,1H3;1-2H3. The second-order valence-electron chi connectivity index (χ2n) is 1.45. The van der Waals surface area contributed by atoms with Gasteiger partial charge in [0.25, 0.3) is 0 Å². The molecule has 0 heterocycles. The first-order chi connectivity index (χ1) is 4.18. The lowest BCUT2D eigenvalue weighted by atomic mass is 10.2. The van der Waals surface area contributed by atoms with Crippen LogP contribution in [-0.2, 0) is 4.79 Å². The molecule has 0 amide bonds. The molecule has 1 atom stereocenters. The average Bonchev–Trinajstić information content (AvgIpc) is 1.91. The highest BCUT2D eigenvalue weighted by molar-refractivity contribution is 5.81. The summed E-state index contributed by atoms with van der Waals surface area (Å²) in [5.74, 6) is -0.0532. The molecule has 56 valence electrons. The van der Waals surface area contributed by atoms with E-state index in [1.807, 2.05) is 13.8 Å². The molecule has 4 N–H and O–H groups in total. The van der Waals surface area contributed by atoms with E-state index in [0.29, 0.717) is 0 Å². The van der Waals surface area contributed by atoms with Crippen molar-refractivity contribution in [1.82, 2.24) is 0 Å². The van der Waals surface area contributed by atoms with Crippen molar-refractivity contribution in [3.63, 3.8) is 0 Å². The predicted octanol–water partition coefficient (Wildman–Crippen LogP) is -0.112. The van der Waals surface area contributed by atoms with E-state index in [9.17, 15) is 4.79 Å². The van der Waals surface area contributed by atoms with E-state index in [4.69, 9.17) is 11.5 Å². The molecule has 0 aromatic heterocycles. The lowest BCUT2D eigenvalue weighted by Crippen LogP contribution is -2.35. The number of carbonyl (C=O) groups is 1. The lowest BCUT2D eigenvalue weighted by Gasteiger charge is -1.99. The third kappa shape index (κ3) is 7.59. The zero-order valence-electron chi connectivity index (χ0n) is 6.35. The molecule has 0 aromatic carbocycles. The van der Waals surface area contributed by atoms with Crippen molar-refractivity contribution in [3.8, 4) is 0 Å². The number of hydrogen-bond donors (Lipinski definition) is 2. The van der Waals surface area contributed by atoms with Gasteiger partial charge in [0.05, 0.1) is 6.04 Å². The van der Waals surface area contributed by atoms with Crippen LogP contribution in [-0.4, -0.2) is 18.4 Å². The highest BCUT2D eigenvalue weighted by Gasteiger charge is 2.01. The molecule has 0 aromatic rings. The topological polar surface area (TPSA) is 69.1 Å². The maximum absolute atomic E-state index is 10.2. The molecule has 0 aliphatic rings. The van der Waals surface area contributed by atoms with Crippen LogP contribution in [0.15, 0.2) is 0 Å². The molecule has 0 aliphatic carbocycles. The first-order valence-electron chi connectivity index (χ1n) is 3.14. The number of carbonyl (C=O) groups excluding carboxylic acids is 1. The average molecular weight is 132 g/mol. The monoisotopic (exact) mass is 132 g/mol. The number of nitrogens with two attached hydrogens (primary N) is 2. The Morgan fingerprint density at radius 3 is 1.89 bits per heavy atom. The van der Waals surface area contributed by atoms with Gasteiger partial charge in [-0.1, -0.05) is 13.8 Å². The van der Waals surface area contributed by atoms with Crippen LogP contribution in [0.1, 0.15) is 20.8 Å². The first-order valence-corrected chi connectivity index (χ1v) is 3.14. The van der Waals surface area contributed by atoms with E-state index >= 15 is 0 Å². The fourth-order valence-corrected chi connectivity index (χ4v) is 0.166. The lowest BCUT2D eigenvalue weighted by molar-refractivity contribution is -0.117. The van der Waals surface area contributed by atoms with E-state index in [-0.39, 0.29) is 12.3 Å². The Hall–Kier alpha value is -0.410. The van der Waals surface area contributed by atoms with Crippen molar-refractivity contribution in [1.29, 1.82) is 0 Å². The maximum atomic E-state index is 10.2. The number of ketones is 1. The van der Waals surface area contributed by atoms with E-state index in [1.54, 1.807) is 0 Å². The summed E-state index contributed by atoms with van der Waals surface area (Å²) in [7, 11) is 0. The minimum absolute atomic E-state index is 0.0532. The molecule has 0 fully saturated rings. The highest BCUT2D eigenvalue weighted by atomic mass is 16.1. The van der Waals surface area contributed by atoms with Gasteiger partial charge in [-0.3, -0.25) is 4.79 Å². The fraction of sp³-hybridized carbons (Fsp3) is 0.833. The van der Waals surface area contributed by atoms with Crippen LogP contribution in [0, 0.1) is 0 Å². The molecule has 0 bridgehead atoms. The zero-order chi connectivity index (χ0) is 7.86. The largest absolute Gasteiger partial charge is 0.328 e. The Bertz CT molecular complexity index is 73.5. The third-order valence-electron chi connectivity index (χ3n) is 0.776. The second-order valence-corrected chi connectivity index (χ2v) is 1.45. The van der Waals surface area contributed by atoms with Gasteiger partial charge in [0, 0.05) is 6.54 Å². The van der Waals surface area contributed by atoms with Gasteiger partial charge >= 0.3 is 0 Å². The smallest absolute Gasteiger partial charge is 0.147 e. The number of Topliss-reactive ketones (excluding diaryl/α,β-unsaturated/α-hetero) is 1. The summed E-state index contributed by atoms with van der Waals surface area (Å²) >= 11 is 0. The Morgan fingerprint density at radius 2 is 1.89 bits per heavy atom. The first kappa shape index (κ1) is 11.4. The molecule has 3 nitrogen and oxygen atoms in total. The van der Waals surface area contributed by atoms with Crippen LogP contribution < -0.4 is 11.5 Å². The molecule has 0 aliphatic heterocycles. The van der Waals surface area contributed by atoms with Gasteiger partial charge in [-0.2, -0.15) is 0 Å². The molecule has 9 heavy (non-hydrogen) atoms. The highest BCUT2D eigenvalue weighted by Crippen LogP contribution is 1.72. The van der Waals surface area contributed by atoms with E-state index in [2.05, 4.69) is 0 Å². The molecular formula is C6H16N2O. The molecule has 0 rings (SSSR count). The third-order valence-corrected chi connectivity index (χ3v) is 0.776. The number of hydrogen-bond acceptors (Lipinski definition) is 3. The summed E-state index contributed by atoms with van der Waals surface area (Å²) in [4.78, 5) is 10.2. The predicted molar refractivity (Wildman–Crippen MR) is 39.1 cm³/mol. The minimum atomic E-state index is -0.458. The normalized spacial score (nSPS) is 11.2. The van der Waals surface area contributed by atoms with Gasteiger partial charge in [-0.25, -0.2) is 0 Å². The van der Waals surface area contributed by atoms with Crippen molar-refractivity contribution < 1.29 is 4.79 Å². The second kappa shape index (κ2) is 7.59. The Morgan fingerprint density at radius 1 is 1.56 bits per heavy atom. The van der Waals surface area contributed by atoms with E-state index in [1.165, 1.54) is 6.92 Å². The summed E-state index contributed by atoms with van der Waals surface area (Å²) in [6, 6.07) is -0.458. The van der Waals surface area contributed by atoms with Gasteiger partial charge < -0.3 is 11.5 Å². The molecule has 0 saturated heterocycles. The van der Waals surface area contributed by atoms with E-state index < -0.39 is 6.04 Å². The summed E-state index contributed by atoms with van der Waals surface area (Å²) < 4.78 is 0. The molecular weight excluding hydrogens is 116 g/mol. The maximum Gasteiger partial charge on any atom is 0.147 e. The molecule has 0 saturated carbocycles. The van der Waals surface area contributed by atoms with Crippen molar-refractivity contribution >= 4 is 5.78 Å². The van der Waals surface area contributed by atoms with Crippen LogP contribution in [0.5, 0.6) is 0 Å². The van der Waals surface area contributed by atoms with Gasteiger partial charge in [-0.05, 0) is 6.92 Å². The van der Waals surface area contributed by atoms with Crippen LogP contribution in [0.2, 0.25) is 0 Å². The van der Waals surface area contributed by atoms with Gasteiger partial charge in [-0.15, -0.1) is 0 Å². The van der Waals surface area contributed by atoms with Crippen molar-refractivity contribution in [2.45, 2.75) is 26.8 Å².